The first-order valence-corrected chi connectivity index (χ1v) is 8.15. The first kappa shape index (κ1) is 16.1. The van der Waals surface area contributed by atoms with E-state index in [1.54, 1.807) is 6.26 Å². The lowest BCUT2D eigenvalue weighted by Crippen LogP contribution is -2.29. The maximum absolute atomic E-state index is 12.4. The summed E-state index contributed by atoms with van der Waals surface area (Å²) in [4.78, 5) is 12.4. The third kappa shape index (κ3) is 4.13. The van der Waals surface area contributed by atoms with Crippen LogP contribution in [0.5, 0.6) is 0 Å². The second-order valence-electron chi connectivity index (χ2n) is 5.90. The Kier molecular flexibility index (Phi) is 5.12. The fourth-order valence-electron chi connectivity index (χ4n) is 2.69. The van der Waals surface area contributed by atoms with E-state index in [9.17, 15) is 4.79 Å². The average Bonchev–Trinajstić information content (AvgIpc) is 3.13. The molecule has 1 amide bonds. The number of carbonyl (C=O) groups is 1. The molecule has 1 heterocycles. The molecule has 0 saturated heterocycles. The summed E-state index contributed by atoms with van der Waals surface area (Å²) in [5.74, 6) is 0.845. The third-order valence-electron chi connectivity index (χ3n) is 4.03. The summed E-state index contributed by atoms with van der Waals surface area (Å²) in [6, 6.07) is 21.9. The molecule has 0 spiro atoms. The molecular weight excluding hydrogens is 298 g/mol. The van der Waals surface area contributed by atoms with Crippen LogP contribution in [0.15, 0.2) is 77.4 Å². The number of amides is 1. The van der Waals surface area contributed by atoms with Gasteiger partial charge >= 0.3 is 0 Å². The number of rotatable bonds is 6. The monoisotopic (exact) mass is 319 g/mol. The zero-order valence-electron chi connectivity index (χ0n) is 13.7. The van der Waals surface area contributed by atoms with Gasteiger partial charge in [0.2, 0.25) is 5.91 Å². The molecule has 2 aromatic carbocycles. The molecule has 3 nitrogen and oxygen atoms in total. The maximum Gasteiger partial charge on any atom is 0.221 e. The van der Waals surface area contributed by atoms with Crippen molar-refractivity contribution >= 4 is 5.91 Å². The fraction of sp³-hybridized carbons (Fsp3) is 0.190. The molecule has 0 fully saturated rings. The summed E-state index contributed by atoms with van der Waals surface area (Å²) in [5, 5.41) is 3.15. The zero-order valence-corrected chi connectivity index (χ0v) is 13.7. The lowest BCUT2D eigenvalue weighted by molar-refractivity contribution is -0.121. The molecule has 1 atom stereocenters. The Morgan fingerprint density at radius 1 is 0.958 bits per heavy atom. The quantitative estimate of drug-likeness (QED) is 0.730. The normalized spacial score (nSPS) is 11.9. The summed E-state index contributed by atoms with van der Waals surface area (Å²) in [7, 11) is 0. The van der Waals surface area contributed by atoms with Crippen molar-refractivity contribution in [2.24, 2.45) is 0 Å². The first-order valence-electron chi connectivity index (χ1n) is 8.15. The van der Waals surface area contributed by atoms with Crippen LogP contribution in [0.4, 0.5) is 0 Å². The summed E-state index contributed by atoms with van der Waals surface area (Å²) in [6.45, 7) is 2.06. The van der Waals surface area contributed by atoms with E-state index < -0.39 is 0 Å². The Morgan fingerprint density at radius 3 is 2.33 bits per heavy atom. The van der Waals surface area contributed by atoms with Gasteiger partial charge in [-0.15, -0.1) is 0 Å². The second kappa shape index (κ2) is 7.64. The molecule has 3 heteroatoms. The van der Waals surface area contributed by atoms with Gasteiger partial charge in [-0.25, -0.2) is 0 Å². The van der Waals surface area contributed by atoms with Gasteiger partial charge in [-0.05, 0) is 30.2 Å². The van der Waals surface area contributed by atoms with Crippen molar-refractivity contribution in [1.29, 1.82) is 0 Å². The minimum Gasteiger partial charge on any atom is -0.469 e. The van der Waals surface area contributed by atoms with E-state index in [4.69, 9.17) is 4.42 Å². The first-order chi connectivity index (χ1) is 11.7. The number of hydrogen-bond donors (Lipinski definition) is 1. The molecule has 0 saturated carbocycles. The van der Waals surface area contributed by atoms with Crippen LogP contribution in [-0.4, -0.2) is 5.91 Å². The smallest absolute Gasteiger partial charge is 0.221 e. The second-order valence-corrected chi connectivity index (χ2v) is 5.90. The van der Waals surface area contributed by atoms with Crippen LogP contribution >= 0.6 is 0 Å². The molecule has 0 bridgehead atoms. The number of benzene rings is 2. The predicted octanol–water partition coefficient (Wildman–Crippen LogP) is 4.43. The summed E-state index contributed by atoms with van der Waals surface area (Å²) < 4.78 is 5.29. The highest BCUT2D eigenvalue weighted by Gasteiger charge is 2.16. The molecule has 1 unspecified atom stereocenters. The molecule has 1 aromatic heterocycles. The molecule has 3 rings (SSSR count). The zero-order chi connectivity index (χ0) is 16.8. The van der Waals surface area contributed by atoms with Crippen molar-refractivity contribution < 1.29 is 9.21 Å². The van der Waals surface area contributed by atoms with Crippen LogP contribution in [0.2, 0.25) is 0 Å². The molecular formula is C21H21NO2. The van der Waals surface area contributed by atoms with Crippen LogP contribution in [0.25, 0.3) is 0 Å². The Balaban J connectivity index is 1.74. The van der Waals surface area contributed by atoms with Crippen molar-refractivity contribution in [3.05, 3.63) is 95.4 Å². The summed E-state index contributed by atoms with van der Waals surface area (Å²) >= 11 is 0. The molecule has 0 aliphatic carbocycles. The largest absolute Gasteiger partial charge is 0.469 e. The van der Waals surface area contributed by atoms with E-state index >= 15 is 0 Å². The number of furan rings is 1. The third-order valence-corrected chi connectivity index (χ3v) is 4.03. The average molecular weight is 319 g/mol. The highest BCUT2D eigenvalue weighted by molar-refractivity contribution is 5.77. The van der Waals surface area contributed by atoms with E-state index in [0.29, 0.717) is 12.8 Å². The summed E-state index contributed by atoms with van der Waals surface area (Å²) in [6.07, 6.45) is 2.64. The minimum absolute atomic E-state index is 0.0147. The van der Waals surface area contributed by atoms with Crippen LogP contribution < -0.4 is 5.32 Å². The van der Waals surface area contributed by atoms with Gasteiger partial charge in [0.1, 0.15) is 5.76 Å². The van der Waals surface area contributed by atoms with Crippen molar-refractivity contribution in [2.45, 2.75) is 25.8 Å². The molecule has 0 radical (unpaired) electrons. The number of hydrogen-bond acceptors (Lipinski definition) is 2. The van der Waals surface area contributed by atoms with E-state index in [1.807, 2.05) is 42.5 Å². The van der Waals surface area contributed by atoms with E-state index in [-0.39, 0.29) is 11.9 Å². The Bertz CT molecular complexity index is 761. The van der Waals surface area contributed by atoms with Gasteiger partial charge in [-0.1, -0.05) is 60.2 Å². The Hall–Kier alpha value is -2.81. The van der Waals surface area contributed by atoms with Gasteiger partial charge in [0.15, 0.2) is 0 Å². The highest BCUT2D eigenvalue weighted by Crippen LogP contribution is 2.22. The minimum atomic E-state index is -0.143. The van der Waals surface area contributed by atoms with Gasteiger partial charge < -0.3 is 9.73 Å². The highest BCUT2D eigenvalue weighted by atomic mass is 16.3. The number of nitrogens with one attached hydrogen (secondary N) is 1. The molecule has 3 aromatic rings. The van der Waals surface area contributed by atoms with Gasteiger partial charge in [0.05, 0.1) is 12.3 Å². The van der Waals surface area contributed by atoms with Gasteiger partial charge in [0.25, 0.3) is 0 Å². The van der Waals surface area contributed by atoms with Crippen LogP contribution in [-0.2, 0) is 11.2 Å². The van der Waals surface area contributed by atoms with Crippen molar-refractivity contribution in [3.63, 3.8) is 0 Å². The van der Waals surface area contributed by atoms with E-state index in [1.165, 1.54) is 5.56 Å². The standard InChI is InChI=1S/C21H21NO2/c1-16-9-11-18(12-10-16)21(17-6-3-2-4-7-17)22-20(23)14-13-19-8-5-15-24-19/h2-12,15,21H,13-14H2,1H3,(H,22,23). The Labute approximate surface area is 142 Å². The predicted molar refractivity (Wildman–Crippen MR) is 94.6 cm³/mol. The lowest BCUT2D eigenvalue weighted by atomic mass is 9.97. The van der Waals surface area contributed by atoms with Crippen LogP contribution in [0.1, 0.15) is 34.9 Å². The molecule has 24 heavy (non-hydrogen) atoms. The lowest BCUT2D eigenvalue weighted by Gasteiger charge is -2.20. The SMILES string of the molecule is Cc1ccc(C(NC(=O)CCc2ccco2)c2ccccc2)cc1. The molecule has 0 aliphatic heterocycles. The maximum atomic E-state index is 12.4. The van der Waals surface area contributed by atoms with Crippen molar-refractivity contribution in [3.8, 4) is 0 Å². The van der Waals surface area contributed by atoms with Crippen LogP contribution in [0, 0.1) is 6.92 Å². The molecule has 1 N–H and O–H groups in total. The fourth-order valence-corrected chi connectivity index (χ4v) is 2.69. The topological polar surface area (TPSA) is 42.2 Å². The van der Waals surface area contributed by atoms with Gasteiger partial charge in [0, 0.05) is 12.8 Å². The van der Waals surface area contributed by atoms with Gasteiger partial charge in [-0.2, -0.15) is 0 Å². The van der Waals surface area contributed by atoms with Crippen LogP contribution in [0.3, 0.4) is 0 Å². The Morgan fingerprint density at radius 2 is 1.67 bits per heavy atom. The molecule has 122 valence electrons. The molecule has 0 aliphatic rings. The van der Waals surface area contributed by atoms with Crippen molar-refractivity contribution in [2.75, 3.05) is 0 Å². The van der Waals surface area contributed by atoms with E-state index in [2.05, 4.69) is 36.5 Å². The van der Waals surface area contributed by atoms with E-state index in [0.717, 1.165) is 16.9 Å². The number of aryl methyl sites for hydroxylation is 2. The summed E-state index contributed by atoms with van der Waals surface area (Å²) in [5.41, 5.74) is 3.36. The van der Waals surface area contributed by atoms with Crippen molar-refractivity contribution in [1.82, 2.24) is 5.32 Å². The number of carbonyl (C=O) groups excluding carboxylic acids is 1. The van der Waals surface area contributed by atoms with Gasteiger partial charge in [-0.3, -0.25) is 4.79 Å².